The third-order valence-corrected chi connectivity index (χ3v) is 3.70. The number of nitro groups is 1. The summed E-state index contributed by atoms with van der Waals surface area (Å²) in [5.41, 5.74) is 2.48. The van der Waals surface area contributed by atoms with Crippen LogP contribution in [0.15, 0.2) is 48.5 Å². The van der Waals surface area contributed by atoms with E-state index >= 15 is 0 Å². The molecule has 0 saturated carbocycles. The maximum absolute atomic E-state index is 10.6. The Bertz CT molecular complexity index is 756. The topological polar surface area (TPSA) is 70.8 Å². The molecule has 2 aromatic rings. The Hall–Kier alpha value is -3.02. The molecular formula is C19H21NO5. The van der Waals surface area contributed by atoms with Crippen LogP contribution in [0.3, 0.4) is 0 Å². The van der Waals surface area contributed by atoms with Crippen molar-refractivity contribution in [3.05, 3.63) is 69.8 Å². The summed E-state index contributed by atoms with van der Waals surface area (Å²) in [6.45, 7) is 1.91. The normalized spacial score (nSPS) is 11.1. The van der Waals surface area contributed by atoms with Crippen LogP contribution in [0.5, 0.6) is 17.2 Å². The molecule has 0 atom stereocenters. The zero-order valence-corrected chi connectivity index (χ0v) is 14.5. The highest BCUT2D eigenvalue weighted by Gasteiger charge is 2.18. The third-order valence-electron chi connectivity index (χ3n) is 3.70. The highest BCUT2D eigenvalue weighted by molar-refractivity contribution is 5.74. The van der Waals surface area contributed by atoms with E-state index in [-0.39, 0.29) is 11.5 Å². The fourth-order valence-corrected chi connectivity index (χ4v) is 2.41. The van der Waals surface area contributed by atoms with E-state index in [2.05, 4.69) is 0 Å². The van der Waals surface area contributed by atoms with Gasteiger partial charge in [0.05, 0.1) is 14.2 Å². The van der Waals surface area contributed by atoms with E-state index in [4.69, 9.17) is 14.2 Å². The van der Waals surface area contributed by atoms with Gasteiger partial charge in [-0.25, -0.2) is 0 Å². The summed E-state index contributed by atoms with van der Waals surface area (Å²) in [4.78, 5) is 10.2. The Kier molecular flexibility index (Phi) is 6.39. The van der Waals surface area contributed by atoms with Gasteiger partial charge in [0, 0.05) is 10.5 Å². The maximum atomic E-state index is 10.6. The second-order valence-electron chi connectivity index (χ2n) is 5.35. The van der Waals surface area contributed by atoms with Gasteiger partial charge in [0.2, 0.25) is 12.3 Å². The van der Waals surface area contributed by atoms with Crippen LogP contribution in [0.2, 0.25) is 0 Å². The highest BCUT2D eigenvalue weighted by atomic mass is 16.6. The summed E-state index contributed by atoms with van der Waals surface area (Å²) >= 11 is 0. The molecule has 0 bridgehead atoms. The SMILES string of the molecule is COc1ccc(C(C)=CC[N+](=O)[O-])c(OC)c1OCc1ccccc1. The molecule has 0 N–H and O–H groups in total. The molecular weight excluding hydrogens is 322 g/mol. The van der Waals surface area contributed by atoms with E-state index in [9.17, 15) is 10.1 Å². The first-order chi connectivity index (χ1) is 12.1. The van der Waals surface area contributed by atoms with Gasteiger partial charge in [-0.05, 0) is 36.3 Å². The molecule has 6 nitrogen and oxygen atoms in total. The monoisotopic (exact) mass is 343 g/mol. The zero-order chi connectivity index (χ0) is 18.2. The number of rotatable bonds is 8. The average molecular weight is 343 g/mol. The molecule has 25 heavy (non-hydrogen) atoms. The molecule has 2 aromatic carbocycles. The molecule has 0 radical (unpaired) electrons. The van der Waals surface area contributed by atoms with Crippen molar-refractivity contribution >= 4 is 5.57 Å². The lowest BCUT2D eigenvalue weighted by atomic mass is 10.0. The predicted molar refractivity (Wildman–Crippen MR) is 95.8 cm³/mol. The van der Waals surface area contributed by atoms with Gasteiger partial charge in [-0.3, -0.25) is 10.1 Å². The smallest absolute Gasteiger partial charge is 0.222 e. The number of hydrogen-bond donors (Lipinski definition) is 0. The molecule has 0 aliphatic carbocycles. The first-order valence-corrected chi connectivity index (χ1v) is 7.77. The van der Waals surface area contributed by atoms with Crippen LogP contribution >= 0.6 is 0 Å². The molecule has 0 aromatic heterocycles. The van der Waals surface area contributed by atoms with Crippen molar-refractivity contribution in [2.24, 2.45) is 0 Å². The molecule has 0 heterocycles. The molecule has 0 amide bonds. The van der Waals surface area contributed by atoms with Gasteiger partial charge in [-0.1, -0.05) is 30.3 Å². The van der Waals surface area contributed by atoms with E-state index in [0.29, 0.717) is 23.9 Å². The van der Waals surface area contributed by atoms with Crippen LogP contribution < -0.4 is 14.2 Å². The van der Waals surface area contributed by atoms with Crippen LogP contribution in [0.4, 0.5) is 0 Å². The Morgan fingerprint density at radius 2 is 1.80 bits per heavy atom. The molecule has 0 unspecified atom stereocenters. The van der Waals surface area contributed by atoms with Crippen molar-refractivity contribution in [2.75, 3.05) is 20.8 Å². The van der Waals surface area contributed by atoms with Crippen molar-refractivity contribution < 1.29 is 19.1 Å². The minimum atomic E-state index is -0.383. The number of hydrogen-bond acceptors (Lipinski definition) is 5. The standard InChI is InChI=1S/C19H21NO5/c1-14(11-12-20(21)22)16-9-10-17(23-2)19(18(16)24-3)25-13-15-7-5-4-6-8-15/h4-11H,12-13H2,1-3H3. The van der Waals surface area contributed by atoms with Gasteiger partial charge >= 0.3 is 0 Å². The number of nitrogens with zero attached hydrogens (tertiary/aromatic N) is 1. The number of ether oxygens (including phenoxy) is 3. The molecule has 6 heteroatoms. The summed E-state index contributed by atoms with van der Waals surface area (Å²) in [7, 11) is 3.09. The van der Waals surface area contributed by atoms with Gasteiger partial charge < -0.3 is 14.2 Å². The maximum Gasteiger partial charge on any atom is 0.222 e. The van der Waals surface area contributed by atoms with Crippen LogP contribution in [-0.2, 0) is 6.61 Å². The lowest BCUT2D eigenvalue weighted by Gasteiger charge is -2.18. The number of allylic oxidation sites excluding steroid dienone is 1. The fraction of sp³-hybridized carbons (Fsp3) is 0.263. The van der Waals surface area contributed by atoms with Crippen LogP contribution in [0.25, 0.3) is 5.57 Å². The lowest BCUT2D eigenvalue weighted by Crippen LogP contribution is -2.03. The molecule has 0 aliphatic rings. The van der Waals surface area contributed by atoms with E-state index in [1.165, 1.54) is 7.11 Å². The largest absolute Gasteiger partial charge is 0.493 e. The number of methoxy groups -OCH3 is 2. The first kappa shape index (κ1) is 18.3. The van der Waals surface area contributed by atoms with Crippen molar-refractivity contribution in [1.29, 1.82) is 0 Å². The highest BCUT2D eigenvalue weighted by Crippen LogP contribution is 2.42. The Morgan fingerprint density at radius 3 is 2.40 bits per heavy atom. The zero-order valence-electron chi connectivity index (χ0n) is 14.5. The van der Waals surface area contributed by atoms with Crippen molar-refractivity contribution in [3.8, 4) is 17.2 Å². The van der Waals surface area contributed by atoms with Crippen molar-refractivity contribution in [2.45, 2.75) is 13.5 Å². The van der Waals surface area contributed by atoms with Crippen LogP contribution in [-0.4, -0.2) is 25.7 Å². The predicted octanol–water partition coefficient (Wildman–Crippen LogP) is 3.96. The van der Waals surface area contributed by atoms with Crippen molar-refractivity contribution in [3.63, 3.8) is 0 Å². The Morgan fingerprint density at radius 1 is 1.08 bits per heavy atom. The first-order valence-electron chi connectivity index (χ1n) is 7.77. The minimum absolute atomic E-state index is 0.249. The molecule has 0 aliphatic heterocycles. The van der Waals surface area contributed by atoms with Gasteiger partial charge in [-0.15, -0.1) is 0 Å². The van der Waals surface area contributed by atoms with Gasteiger partial charge in [0.1, 0.15) is 6.61 Å². The Balaban J connectivity index is 2.37. The summed E-state index contributed by atoms with van der Waals surface area (Å²) in [5.74, 6) is 1.51. The second-order valence-corrected chi connectivity index (χ2v) is 5.35. The fourth-order valence-electron chi connectivity index (χ4n) is 2.41. The number of benzene rings is 2. The van der Waals surface area contributed by atoms with Crippen LogP contribution in [0, 0.1) is 10.1 Å². The van der Waals surface area contributed by atoms with E-state index in [1.807, 2.05) is 30.3 Å². The quantitative estimate of drug-likeness (QED) is 0.536. The van der Waals surface area contributed by atoms with Gasteiger partial charge in [-0.2, -0.15) is 0 Å². The molecule has 2 rings (SSSR count). The molecule has 0 saturated heterocycles. The Labute approximate surface area is 146 Å². The van der Waals surface area contributed by atoms with E-state index in [1.54, 1.807) is 32.2 Å². The minimum Gasteiger partial charge on any atom is -0.493 e. The summed E-state index contributed by atoms with van der Waals surface area (Å²) in [6.07, 6.45) is 1.55. The van der Waals surface area contributed by atoms with E-state index in [0.717, 1.165) is 16.7 Å². The van der Waals surface area contributed by atoms with Gasteiger partial charge in [0.25, 0.3) is 0 Å². The third kappa shape index (κ3) is 4.73. The van der Waals surface area contributed by atoms with Crippen LogP contribution in [0.1, 0.15) is 18.1 Å². The summed E-state index contributed by atoms with van der Waals surface area (Å²) in [5, 5.41) is 10.6. The molecule has 0 spiro atoms. The summed E-state index contributed by atoms with van der Waals surface area (Å²) in [6, 6.07) is 13.3. The molecule has 132 valence electrons. The lowest BCUT2D eigenvalue weighted by molar-refractivity contribution is -0.468. The molecule has 0 fully saturated rings. The average Bonchev–Trinajstić information content (AvgIpc) is 2.64. The second kappa shape index (κ2) is 8.73. The summed E-state index contributed by atoms with van der Waals surface area (Å²) < 4.78 is 16.8. The van der Waals surface area contributed by atoms with Gasteiger partial charge in [0.15, 0.2) is 11.5 Å². The van der Waals surface area contributed by atoms with E-state index < -0.39 is 0 Å². The van der Waals surface area contributed by atoms with Crippen molar-refractivity contribution in [1.82, 2.24) is 0 Å².